The standard InChI is InChI=1S/C16H21NO2/c1-2-19-16(18)14-5-3-12(4-6-14)15-11-17-9-7-13(15)8-10-17/h3-6,13,15H,2,7-11H2,1H3. The van der Waals surface area contributed by atoms with E-state index in [-0.39, 0.29) is 5.97 Å². The Labute approximate surface area is 114 Å². The predicted octanol–water partition coefficient (Wildman–Crippen LogP) is 2.67. The van der Waals surface area contributed by atoms with Gasteiger partial charge < -0.3 is 9.64 Å². The number of piperidine rings is 3. The minimum atomic E-state index is -0.219. The molecule has 0 amide bonds. The third-order valence-electron chi connectivity index (χ3n) is 4.51. The maximum atomic E-state index is 11.6. The summed E-state index contributed by atoms with van der Waals surface area (Å²) < 4.78 is 5.02. The zero-order chi connectivity index (χ0) is 13.2. The van der Waals surface area contributed by atoms with Crippen LogP contribution in [0.1, 0.15) is 41.6 Å². The van der Waals surface area contributed by atoms with Crippen LogP contribution < -0.4 is 0 Å². The largest absolute Gasteiger partial charge is 0.462 e. The van der Waals surface area contributed by atoms with Crippen LogP contribution in [-0.4, -0.2) is 37.1 Å². The second kappa shape index (κ2) is 5.33. The Kier molecular flexibility index (Phi) is 3.56. The molecule has 0 N–H and O–H groups in total. The number of benzene rings is 1. The molecule has 3 fully saturated rings. The maximum Gasteiger partial charge on any atom is 0.338 e. The third-order valence-corrected chi connectivity index (χ3v) is 4.51. The van der Waals surface area contributed by atoms with Crippen molar-refractivity contribution < 1.29 is 9.53 Å². The first-order chi connectivity index (χ1) is 9.28. The van der Waals surface area contributed by atoms with Crippen molar-refractivity contribution in [3.8, 4) is 0 Å². The summed E-state index contributed by atoms with van der Waals surface area (Å²) in [7, 11) is 0. The summed E-state index contributed by atoms with van der Waals surface area (Å²) in [5.41, 5.74) is 2.04. The number of fused-ring (bicyclic) bond motifs is 3. The van der Waals surface area contributed by atoms with Gasteiger partial charge in [-0.2, -0.15) is 0 Å². The van der Waals surface area contributed by atoms with Gasteiger partial charge in [-0.15, -0.1) is 0 Å². The highest BCUT2D eigenvalue weighted by molar-refractivity contribution is 5.89. The lowest BCUT2D eigenvalue weighted by molar-refractivity contribution is 0.0526. The van der Waals surface area contributed by atoms with Crippen LogP contribution >= 0.6 is 0 Å². The van der Waals surface area contributed by atoms with Gasteiger partial charge in [-0.3, -0.25) is 0 Å². The van der Waals surface area contributed by atoms with Crippen LogP contribution in [0.4, 0.5) is 0 Å². The molecule has 3 heteroatoms. The molecule has 3 aliphatic rings. The molecular formula is C16H21NO2. The van der Waals surface area contributed by atoms with E-state index in [1.807, 2.05) is 19.1 Å². The van der Waals surface area contributed by atoms with Crippen molar-refractivity contribution in [3.05, 3.63) is 35.4 Å². The number of hydrogen-bond donors (Lipinski definition) is 0. The Morgan fingerprint density at radius 2 is 1.95 bits per heavy atom. The summed E-state index contributed by atoms with van der Waals surface area (Å²) in [4.78, 5) is 14.2. The Balaban J connectivity index is 1.74. The fourth-order valence-corrected chi connectivity index (χ4v) is 3.42. The average molecular weight is 259 g/mol. The second-order valence-corrected chi connectivity index (χ2v) is 5.59. The molecule has 0 spiro atoms. The van der Waals surface area contributed by atoms with Gasteiger partial charge >= 0.3 is 5.97 Å². The molecule has 1 aromatic rings. The van der Waals surface area contributed by atoms with E-state index >= 15 is 0 Å². The lowest BCUT2D eigenvalue weighted by Crippen LogP contribution is -2.46. The molecule has 3 saturated heterocycles. The van der Waals surface area contributed by atoms with Crippen molar-refractivity contribution in [3.63, 3.8) is 0 Å². The van der Waals surface area contributed by atoms with Gasteiger partial charge in [0.15, 0.2) is 0 Å². The van der Waals surface area contributed by atoms with Crippen LogP contribution in [0.25, 0.3) is 0 Å². The van der Waals surface area contributed by atoms with E-state index < -0.39 is 0 Å². The van der Waals surface area contributed by atoms with Crippen LogP contribution in [0.5, 0.6) is 0 Å². The quantitative estimate of drug-likeness (QED) is 0.782. The summed E-state index contributed by atoms with van der Waals surface area (Å²) in [6.45, 7) is 5.98. The molecule has 4 rings (SSSR count). The predicted molar refractivity (Wildman–Crippen MR) is 74.3 cm³/mol. The van der Waals surface area contributed by atoms with E-state index in [1.165, 1.54) is 38.0 Å². The molecular weight excluding hydrogens is 238 g/mol. The summed E-state index contributed by atoms with van der Waals surface area (Å²) in [5, 5.41) is 0. The van der Waals surface area contributed by atoms with Crippen molar-refractivity contribution in [2.45, 2.75) is 25.7 Å². The highest BCUT2D eigenvalue weighted by Crippen LogP contribution is 2.38. The van der Waals surface area contributed by atoms with Gasteiger partial charge in [0.25, 0.3) is 0 Å². The van der Waals surface area contributed by atoms with Gasteiger partial charge in [-0.1, -0.05) is 12.1 Å². The van der Waals surface area contributed by atoms with Crippen LogP contribution in [0, 0.1) is 5.92 Å². The van der Waals surface area contributed by atoms with Gasteiger partial charge in [0, 0.05) is 6.54 Å². The minimum absolute atomic E-state index is 0.219. The SMILES string of the molecule is CCOC(=O)c1ccc(C2CN3CCC2CC3)cc1. The van der Waals surface area contributed by atoms with Gasteiger partial charge in [-0.25, -0.2) is 4.79 Å². The number of esters is 1. The molecule has 0 saturated carbocycles. The molecule has 19 heavy (non-hydrogen) atoms. The van der Waals surface area contributed by atoms with Crippen molar-refractivity contribution in [2.24, 2.45) is 5.92 Å². The topological polar surface area (TPSA) is 29.5 Å². The lowest BCUT2D eigenvalue weighted by atomic mass is 9.75. The number of nitrogens with zero attached hydrogens (tertiary/aromatic N) is 1. The van der Waals surface area contributed by atoms with Crippen molar-refractivity contribution >= 4 is 5.97 Å². The monoisotopic (exact) mass is 259 g/mol. The molecule has 1 aromatic carbocycles. The van der Waals surface area contributed by atoms with E-state index in [2.05, 4.69) is 17.0 Å². The number of hydrogen-bond acceptors (Lipinski definition) is 3. The number of carbonyl (C=O) groups is 1. The molecule has 0 aliphatic carbocycles. The second-order valence-electron chi connectivity index (χ2n) is 5.59. The van der Waals surface area contributed by atoms with Gasteiger partial charge in [-0.05, 0) is 62.4 Å². The first-order valence-corrected chi connectivity index (χ1v) is 7.27. The molecule has 0 radical (unpaired) electrons. The zero-order valence-corrected chi connectivity index (χ0v) is 11.5. The summed E-state index contributed by atoms with van der Waals surface area (Å²) in [6, 6.07) is 8.04. The van der Waals surface area contributed by atoms with Gasteiger partial charge in [0.1, 0.15) is 0 Å². The normalized spacial score (nSPS) is 29.2. The van der Waals surface area contributed by atoms with Crippen LogP contribution in [0.15, 0.2) is 24.3 Å². The van der Waals surface area contributed by atoms with Crippen molar-refractivity contribution in [1.29, 1.82) is 0 Å². The molecule has 0 aromatic heterocycles. The Morgan fingerprint density at radius 1 is 1.26 bits per heavy atom. The first kappa shape index (κ1) is 12.7. The van der Waals surface area contributed by atoms with E-state index in [1.54, 1.807) is 0 Å². The highest BCUT2D eigenvalue weighted by atomic mass is 16.5. The molecule has 2 bridgehead atoms. The average Bonchev–Trinajstić information content (AvgIpc) is 2.49. The molecule has 3 heterocycles. The van der Waals surface area contributed by atoms with Crippen LogP contribution in [0.3, 0.4) is 0 Å². The van der Waals surface area contributed by atoms with E-state index in [0.29, 0.717) is 18.1 Å². The Morgan fingerprint density at radius 3 is 2.47 bits per heavy atom. The molecule has 1 unspecified atom stereocenters. The zero-order valence-electron chi connectivity index (χ0n) is 11.5. The molecule has 1 atom stereocenters. The minimum Gasteiger partial charge on any atom is -0.462 e. The molecule has 3 nitrogen and oxygen atoms in total. The maximum absolute atomic E-state index is 11.6. The summed E-state index contributed by atoms with van der Waals surface area (Å²) in [5.74, 6) is 1.26. The van der Waals surface area contributed by atoms with Gasteiger partial charge in [0.2, 0.25) is 0 Å². The molecule has 102 valence electrons. The summed E-state index contributed by atoms with van der Waals surface area (Å²) >= 11 is 0. The first-order valence-electron chi connectivity index (χ1n) is 7.27. The highest BCUT2D eigenvalue weighted by Gasteiger charge is 2.34. The van der Waals surface area contributed by atoms with Crippen LogP contribution in [0.2, 0.25) is 0 Å². The lowest BCUT2D eigenvalue weighted by Gasteiger charge is -2.45. The number of rotatable bonds is 3. The van der Waals surface area contributed by atoms with Crippen LogP contribution in [-0.2, 0) is 4.74 Å². The smallest absolute Gasteiger partial charge is 0.338 e. The number of ether oxygens (including phenoxy) is 1. The fourth-order valence-electron chi connectivity index (χ4n) is 3.42. The van der Waals surface area contributed by atoms with E-state index in [0.717, 1.165) is 5.92 Å². The fraction of sp³-hybridized carbons (Fsp3) is 0.562. The van der Waals surface area contributed by atoms with Crippen molar-refractivity contribution in [1.82, 2.24) is 4.90 Å². The van der Waals surface area contributed by atoms with Gasteiger partial charge in [0.05, 0.1) is 12.2 Å². The molecule has 3 aliphatic heterocycles. The Bertz CT molecular complexity index is 446. The van der Waals surface area contributed by atoms with E-state index in [9.17, 15) is 4.79 Å². The van der Waals surface area contributed by atoms with E-state index in [4.69, 9.17) is 4.74 Å². The van der Waals surface area contributed by atoms with Crippen molar-refractivity contribution in [2.75, 3.05) is 26.2 Å². The Hall–Kier alpha value is -1.35. The summed E-state index contributed by atoms with van der Waals surface area (Å²) in [6.07, 6.45) is 2.65. The number of carbonyl (C=O) groups excluding carboxylic acids is 1. The third kappa shape index (κ3) is 2.52.